The second-order valence-electron chi connectivity index (χ2n) is 11.1. The molecule has 30 heavy (non-hydrogen) atoms. The Kier molecular flexibility index (Phi) is 7.53. The third kappa shape index (κ3) is 5.38. The van der Waals surface area contributed by atoms with Crippen molar-refractivity contribution in [3.8, 4) is 0 Å². The molecule has 1 saturated heterocycles. The van der Waals surface area contributed by atoms with Gasteiger partial charge >= 0.3 is 11.9 Å². The minimum absolute atomic E-state index is 0.00989. The van der Waals surface area contributed by atoms with E-state index in [1.165, 1.54) is 19.3 Å². The normalized spacial score (nSPS) is 39.7. The first-order valence-electron chi connectivity index (χ1n) is 12.2. The molecule has 0 bridgehead atoms. The zero-order valence-corrected chi connectivity index (χ0v) is 19.6. The second-order valence-corrected chi connectivity index (χ2v) is 11.1. The van der Waals surface area contributed by atoms with E-state index in [4.69, 9.17) is 9.47 Å². The molecular formula is C25H42O5. The number of ether oxygens (including phenoxy) is 2. The standard InChI is InChI=1S/C25H42O5/c1-6-25(4,5)24(28)30-21-12-15(2)11-17-8-7-16(3)20(23(17)21)10-9-19-13-18(26)14-22(27)29-19/h15-21,23,26H,6-14H2,1-5H3/t15-,16-,17-,18+,19+,20-,21-,23-/m0/s1. The van der Waals surface area contributed by atoms with Crippen LogP contribution in [0, 0.1) is 35.0 Å². The Hall–Kier alpha value is -1.10. The minimum Gasteiger partial charge on any atom is -0.462 e. The van der Waals surface area contributed by atoms with Gasteiger partial charge in [0.1, 0.15) is 12.2 Å². The Morgan fingerprint density at radius 1 is 1.17 bits per heavy atom. The van der Waals surface area contributed by atoms with Crippen molar-refractivity contribution in [2.45, 2.75) is 111 Å². The highest BCUT2D eigenvalue weighted by atomic mass is 16.6. The predicted molar refractivity (Wildman–Crippen MR) is 116 cm³/mol. The summed E-state index contributed by atoms with van der Waals surface area (Å²) in [6.07, 6.45) is 7.02. The van der Waals surface area contributed by atoms with E-state index in [-0.39, 0.29) is 30.6 Å². The fourth-order valence-electron chi connectivity index (χ4n) is 6.09. The number of carbonyl (C=O) groups is 2. The first kappa shape index (κ1) is 23.6. The van der Waals surface area contributed by atoms with Gasteiger partial charge in [-0.25, -0.2) is 0 Å². The summed E-state index contributed by atoms with van der Waals surface area (Å²) in [6.45, 7) is 10.6. The summed E-state index contributed by atoms with van der Waals surface area (Å²) in [4.78, 5) is 24.6. The van der Waals surface area contributed by atoms with Crippen molar-refractivity contribution >= 4 is 11.9 Å². The lowest BCUT2D eigenvalue weighted by Crippen LogP contribution is -2.48. The molecule has 5 nitrogen and oxygen atoms in total. The van der Waals surface area contributed by atoms with E-state index in [0.717, 1.165) is 25.7 Å². The lowest BCUT2D eigenvalue weighted by Gasteiger charge is -2.50. The number of hydrogen-bond acceptors (Lipinski definition) is 5. The highest BCUT2D eigenvalue weighted by Gasteiger charge is 2.47. The van der Waals surface area contributed by atoms with Crippen LogP contribution in [0.15, 0.2) is 0 Å². The summed E-state index contributed by atoms with van der Waals surface area (Å²) in [7, 11) is 0. The molecule has 0 aromatic rings. The maximum absolute atomic E-state index is 12.9. The van der Waals surface area contributed by atoms with Crippen LogP contribution in [0.1, 0.15) is 92.4 Å². The van der Waals surface area contributed by atoms with Crippen molar-refractivity contribution in [2.75, 3.05) is 0 Å². The highest BCUT2D eigenvalue weighted by Crippen LogP contribution is 2.51. The number of esters is 2. The number of rotatable bonds is 6. The zero-order chi connectivity index (χ0) is 22.1. The van der Waals surface area contributed by atoms with Crippen molar-refractivity contribution in [3.05, 3.63) is 0 Å². The molecule has 3 rings (SSSR count). The first-order chi connectivity index (χ1) is 14.1. The third-order valence-corrected chi connectivity index (χ3v) is 8.28. The van der Waals surface area contributed by atoms with Crippen molar-refractivity contribution in [1.29, 1.82) is 0 Å². The quantitative estimate of drug-likeness (QED) is 0.617. The van der Waals surface area contributed by atoms with E-state index in [9.17, 15) is 14.7 Å². The largest absolute Gasteiger partial charge is 0.462 e. The summed E-state index contributed by atoms with van der Waals surface area (Å²) in [6, 6.07) is 0. The Morgan fingerprint density at radius 2 is 1.90 bits per heavy atom. The van der Waals surface area contributed by atoms with E-state index in [0.29, 0.717) is 36.0 Å². The molecule has 0 aromatic heterocycles. The number of aliphatic hydroxyl groups is 1. The van der Waals surface area contributed by atoms with E-state index in [1.807, 2.05) is 20.8 Å². The number of cyclic esters (lactones) is 1. The van der Waals surface area contributed by atoms with Gasteiger partial charge in [0.25, 0.3) is 0 Å². The first-order valence-corrected chi connectivity index (χ1v) is 12.2. The van der Waals surface area contributed by atoms with E-state index >= 15 is 0 Å². The molecule has 2 aliphatic carbocycles. The number of carbonyl (C=O) groups excluding carboxylic acids is 2. The van der Waals surface area contributed by atoms with E-state index in [1.54, 1.807) is 0 Å². The van der Waals surface area contributed by atoms with Gasteiger partial charge in [-0.1, -0.05) is 27.2 Å². The lowest BCUT2D eigenvalue weighted by atomic mass is 9.58. The van der Waals surface area contributed by atoms with Gasteiger partial charge in [-0.2, -0.15) is 0 Å². The Bertz CT molecular complexity index is 615. The van der Waals surface area contributed by atoms with Crippen LogP contribution in [-0.4, -0.2) is 35.4 Å². The van der Waals surface area contributed by atoms with Crippen LogP contribution < -0.4 is 0 Å². The molecule has 0 spiro atoms. The summed E-state index contributed by atoms with van der Waals surface area (Å²) in [5.74, 6) is 2.28. The highest BCUT2D eigenvalue weighted by molar-refractivity contribution is 5.76. The van der Waals surface area contributed by atoms with Crippen LogP contribution in [0.25, 0.3) is 0 Å². The SMILES string of the molecule is CCC(C)(C)C(=O)O[C@H]1C[C@@H](C)C[C@@H]2CC[C@H](C)[C@H](CC[C@@H]3C[C@@H](O)CC(=O)O3)[C@H]21. The summed E-state index contributed by atoms with van der Waals surface area (Å²) < 4.78 is 11.7. The van der Waals surface area contributed by atoms with Gasteiger partial charge in [-0.15, -0.1) is 0 Å². The van der Waals surface area contributed by atoms with Gasteiger partial charge in [0.15, 0.2) is 0 Å². The second kappa shape index (κ2) is 9.58. The molecule has 172 valence electrons. The molecule has 3 fully saturated rings. The van der Waals surface area contributed by atoms with Crippen LogP contribution in [0.2, 0.25) is 0 Å². The van der Waals surface area contributed by atoms with E-state index < -0.39 is 11.5 Å². The van der Waals surface area contributed by atoms with Gasteiger partial charge in [-0.05, 0) is 76.0 Å². The summed E-state index contributed by atoms with van der Waals surface area (Å²) >= 11 is 0. The lowest BCUT2D eigenvalue weighted by molar-refractivity contribution is -0.174. The number of fused-ring (bicyclic) bond motifs is 1. The molecule has 0 unspecified atom stereocenters. The molecule has 8 atom stereocenters. The van der Waals surface area contributed by atoms with Crippen molar-refractivity contribution in [1.82, 2.24) is 0 Å². The van der Waals surface area contributed by atoms with Crippen LogP contribution in [0.4, 0.5) is 0 Å². The summed E-state index contributed by atoms with van der Waals surface area (Å²) in [5, 5.41) is 9.94. The maximum Gasteiger partial charge on any atom is 0.311 e. The fourth-order valence-corrected chi connectivity index (χ4v) is 6.09. The monoisotopic (exact) mass is 422 g/mol. The molecule has 0 amide bonds. The average Bonchev–Trinajstić information content (AvgIpc) is 2.66. The predicted octanol–water partition coefficient (Wildman–Crippen LogP) is 4.89. The van der Waals surface area contributed by atoms with Crippen LogP contribution >= 0.6 is 0 Å². The average molecular weight is 423 g/mol. The third-order valence-electron chi connectivity index (χ3n) is 8.28. The fraction of sp³-hybridized carbons (Fsp3) is 0.920. The molecule has 2 saturated carbocycles. The Morgan fingerprint density at radius 3 is 2.57 bits per heavy atom. The van der Waals surface area contributed by atoms with Crippen LogP contribution in [0.3, 0.4) is 0 Å². The van der Waals surface area contributed by atoms with Crippen LogP contribution in [-0.2, 0) is 19.1 Å². The van der Waals surface area contributed by atoms with E-state index in [2.05, 4.69) is 13.8 Å². The molecule has 1 aliphatic heterocycles. The van der Waals surface area contributed by atoms with Crippen molar-refractivity contribution in [3.63, 3.8) is 0 Å². The van der Waals surface area contributed by atoms with Crippen molar-refractivity contribution < 1.29 is 24.2 Å². The minimum atomic E-state index is -0.576. The van der Waals surface area contributed by atoms with Gasteiger partial charge < -0.3 is 14.6 Å². The maximum atomic E-state index is 12.9. The molecule has 5 heteroatoms. The Labute approximate surface area is 182 Å². The molecule has 3 aliphatic rings. The number of aliphatic hydroxyl groups excluding tert-OH is 1. The van der Waals surface area contributed by atoms with Gasteiger partial charge in [0, 0.05) is 12.3 Å². The topological polar surface area (TPSA) is 72.8 Å². The van der Waals surface area contributed by atoms with Gasteiger partial charge in [0.05, 0.1) is 17.9 Å². The molecule has 0 aromatic carbocycles. The van der Waals surface area contributed by atoms with Gasteiger partial charge in [0.2, 0.25) is 0 Å². The molecule has 1 N–H and O–H groups in total. The zero-order valence-electron chi connectivity index (χ0n) is 19.6. The van der Waals surface area contributed by atoms with Crippen molar-refractivity contribution in [2.24, 2.45) is 35.0 Å². The number of hydrogen-bond donors (Lipinski definition) is 1. The van der Waals surface area contributed by atoms with Gasteiger partial charge in [-0.3, -0.25) is 9.59 Å². The Balaban J connectivity index is 1.72. The van der Waals surface area contributed by atoms with Crippen LogP contribution in [0.5, 0.6) is 0 Å². The molecule has 0 radical (unpaired) electrons. The molecule has 1 heterocycles. The smallest absolute Gasteiger partial charge is 0.311 e. The summed E-state index contributed by atoms with van der Waals surface area (Å²) in [5.41, 5.74) is -0.446. The molecular weight excluding hydrogens is 380 g/mol.